The van der Waals surface area contributed by atoms with E-state index in [0.29, 0.717) is 19.0 Å². The summed E-state index contributed by atoms with van der Waals surface area (Å²) in [5, 5.41) is 2.18. The number of anilines is 1. The first-order chi connectivity index (χ1) is 21.3. The summed E-state index contributed by atoms with van der Waals surface area (Å²) < 4.78 is 19.1. The molecule has 2 aliphatic heterocycles. The number of pyridine rings is 1. The highest BCUT2D eigenvalue weighted by Gasteiger charge is 2.44. The number of imide groups is 2. The Morgan fingerprint density at radius 2 is 1.57 bits per heavy atom. The van der Waals surface area contributed by atoms with Crippen molar-refractivity contribution in [2.75, 3.05) is 45.4 Å². The summed E-state index contributed by atoms with van der Waals surface area (Å²) in [6.07, 6.45) is 4.17. The van der Waals surface area contributed by atoms with E-state index in [1.165, 1.54) is 12.1 Å². The minimum atomic E-state index is -1.01. The normalized spacial score (nSPS) is 16.3. The fourth-order valence-electron chi connectivity index (χ4n) is 5.19. The van der Waals surface area contributed by atoms with Gasteiger partial charge in [-0.3, -0.25) is 29.4 Å². The van der Waals surface area contributed by atoms with Crippen molar-refractivity contribution < 1.29 is 33.4 Å². The van der Waals surface area contributed by atoms with E-state index in [1.54, 1.807) is 6.07 Å². The van der Waals surface area contributed by atoms with Crippen molar-refractivity contribution >= 4 is 35.0 Å². The van der Waals surface area contributed by atoms with Gasteiger partial charge in [0, 0.05) is 50.2 Å². The van der Waals surface area contributed by atoms with Gasteiger partial charge in [0.2, 0.25) is 11.8 Å². The molecule has 44 heavy (non-hydrogen) atoms. The lowest BCUT2D eigenvalue weighted by atomic mass is 10.0. The molecule has 4 heterocycles. The number of hydrogen-bond donors (Lipinski definition) is 1. The fraction of sp³-hybridized carbons (Fsp3) is 0.281. The number of aromatic nitrogens is 2. The number of imidazole rings is 1. The van der Waals surface area contributed by atoms with Crippen molar-refractivity contribution in [2.45, 2.75) is 18.9 Å². The molecular weight excluding hydrogens is 566 g/mol. The molecule has 4 aromatic rings. The van der Waals surface area contributed by atoms with Gasteiger partial charge in [-0.15, -0.1) is 0 Å². The molecule has 0 aliphatic carbocycles. The summed E-state index contributed by atoms with van der Waals surface area (Å²) in [5.74, 6) is -1.08. The predicted octanol–water partition coefficient (Wildman–Crippen LogP) is 2.94. The first-order valence-electron chi connectivity index (χ1n) is 14.2. The number of nitrogens with one attached hydrogen (secondary N) is 1. The quantitative estimate of drug-likeness (QED) is 0.205. The maximum atomic E-state index is 13.0. The van der Waals surface area contributed by atoms with Crippen LogP contribution in [-0.4, -0.2) is 84.5 Å². The molecule has 12 heteroatoms. The standard InChI is InChI=1S/C32H31N5O7/c1-35(2)21-11-12-36-19-26(33-28(36)17-21)20-3-5-22(6-4-20)43-15-13-42-14-16-44-23-7-8-24-25(18-23)32(41)37(31(24)40)27-9-10-29(38)34-30(27)39/h3-8,11-12,17-19,27H,9-10,13-16H2,1-2H3,(H,34,38,39). The van der Waals surface area contributed by atoms with E-state index in [0.717, 1.165) is 33.2 Å². The maximum absolute atomic E-state index is 13.0. The van der Waals surface area contributed by atoms with Crippen molar-refractivity contribution in [1.29, 1.82) is 0 Å². The molecule has 1 unspecified atom stereocenters. The van der Waals surface area contributed by atoms with Gasteiger partial charge in [-0.1, -0.05) is 0 Å². The van der Waals surface area contributed by atoms with Crippen LogP contribution in [0.1, 0.15) is 33.6 Å². The molecule has 1 atom stereocenters. The Morgan fingerprint density at radius 1 is 0.864 bits per heavy atom. The predicted molar refractivity (Wildman–Crippen MR) is 160 cm³/mol. The van der Waals surface area contributed by atoms with Crippen LogP contribution >= 0.6 is 0 Å². The fourth-order valence-corrected chi connectivity index (χ4v) is 5.19. The van der Waals surface area contributed by atoms with E-state index in [-0.39, 0.29) is 37.2 Å². The molecule has 4 amide bonds. The number of carbonyl (C=O) groups is 4. The zero-order chi connectivity index (χ0) is 30.8. The molecule has 1 N–H and O–H groups in total. The zero-order valence-corrected chi connectivity index (χ0v) is 24.3. The number of hydrogen-bond acceptors (Lipinski definition) is 9. The van der Waals surface area contributed by atoms with Crippen LogP contribution in [-0.2, 0) is 14.3 Å². The monoisotopic (exact) mass is 597 g/mol. The first-order valence-corrected chi connectivity index (χ1v) is 14.2. The van der Waals surface area contributed by atoms with Crippen molar-refractivity contribution in [1.82, 2.24) is 19.6 Å². The van der Waals surface area contributed by atoms with Crippen molar-refractivity contribution in [2.24, 2.45) is 0 Å². The Hall–Kier alpha value is -5.23. The van der Waals surface area contributed by atoms with E-state index < -0.39 is 29.7 Å². The van der Waals surface area contributed by atoms with Gasteiger partial charge >= 0.3 is 0 Å². The number of nitrogens with zero attached hydrogens (tertiary/aromatic N) is 4. The summed E-state index contributed by atoms with van der Waals surface area (Å²) in [4.78, 5) is 57.1. The van der Waals surface area contributed by atoms with E-state index >= 15 is 0 Å². The molecule has 2 aliphatic rings. The van der Waals surface area contributed by atoms with Crippen LogP contribution in [0.2, 0.25) is 0 Å². The van der Waals surface area contributed by atoms with Crippen LogP contribution in [0.25, 0.3) is 16.9 Å². The molecule has 226 valence electrons. The Kier molecular flexibility index (Phi) is 7.99. The van der Waals surface area contributed by atoms with Gasteiger partial charge < -0.3 is 23.5 Å². The third kappa shape index (κ3) is 5.84. The smallest absolute Gasteiger partial charge is 0.262 e. The van der Waals surface area contributed by atoms with Gasteiger partial charge in [0.05, 0.1) is 30.0 Å². The van der Waals surface area contributed by atoms with Crippen molar-refractivity contribution in [3.8, 4) is 22.8 Å². The molecule has 12 nitrogen and oxygen atoms in total. The number of ether oxygens (including phenoxy) is 3. The average molecular weight is 598 g/mol. The number of rotatable bonds is 11. The highest BCUT2D eigenvalue weighted by molar-refractivity contribution is 6.23. The first kappa shape index (κ1) is 28.9. The number of benzene rings is 2. The SMILES string of the molecule is CN(C)c1ccn2cc(-c3ccc(OCCOCCOc4ccc5c(c4)C(=O)N(C4CCC(=O)NC4=O)C5=O)cc3)nc2c1. The third-order valence-electron chi connectivity index (χ3n) is 7.51. The zero-order valence-electron chi connectivity index (χ0n) is 24.3. The molecule has 1 saturated heterocycles. The highest BCUT2D eigenvalue weighted by atomic mass is 16.5. The van der Waals surface area contributed by atoms with Crippen LogP contribution in [0.5, 0.6) is 11.5 Å². The summed E-state index contributed by atoms with van der Waals surface area (Å²) >= 11 is 0. The second-order valence-corrected chi connectivity index (χ2v) is 10.7. The Morgan fingerprint density at radius 3 is 2.30 bits per heavy atom. The van der Waals surface area contributed by atoms with Crippen LogP contribution in [0.4, 0.5) is 5.69 Å². The highest BCUT2D eigenvalue weighted by Crippen LogP contribution is 2.30. The van der Waals surface area contributed by atoms with Gasteiger partial charge in [-0.2, -0.15) is 0 Å². The Labute approximate surface area is 253 Å². The number of amides is 4. The van der Waals surface area contributed by atoms with Crippen molar-refractivity contribution in [3.63, 3.8) is 0 Å². The lowest BCUT2D eigenvalue weighted by Gasteiger charge is -2.27. The lowest BCUT2D eigenvalue weighted by Crippen LogP contribution is -2.54. The van der Waals surface area contributed by atoms with E-state index in [2.05, 4.69) is 5.32 Å². The Balaban J connectivity index is 0.935. The number of fused-ring (bicyclic) bond motifs is 2. The largest absolute Gasteiger partial charge is 0.491 e. The van der Waals surface area contributed by atoms with Crippen LogP contribution < -0.4 is 19.7 Å². The van der Waals surface area contributed by atoms with Crippen LogP contribution in [0.15, 0.2) is 67.0 Å². The summed E-state index contributed by atoms with van der Waals surface area (Å²) in [6.45, 7) is 1.22. The van der Waals surface area contributed by atoms with Crippen molar-refractivity contribution in [3.05, 3.63) is 78.1 Å². The van der Waals surface area contributed by atoms with E-state index in [1.807, 2.05) is 72.2 Å². The molecule has 0 radical (unpaired) electrons. The topological polar surface area (TPSA) is 132 Å². The average Bonchev–Trinajstić information content (AvgIpc) is 3.55. The molecule has 1 fully saturated rings. The molecule has 2 aromatic carbocycles. The van der Waals surface area contributed by atoms with Gasteiger partial charge in [0.25, 0.3) is 11.8 Å². The number of carbonyl (C=O) groups excluding carboxylic acids is 4. The third-order valence-corrected chi connectivity index (χ3v) is 7.51. The second kappa shape index (κ2) is 12.2. The minimum absolute atomic E-state index is 0.0672. The summed E-state index contributed by atoms with van der Waals surface area (Å²) in [5.41, 5.74) is 4.19. The Bertz CT molecular complexity index is 1750. The van der Waals surface area contributed by atoms with E-state index in [4.69, 9.17) is 19.2 Å². The lowest BCUT2D eigenvalue weighted by molar-refractivity contribution is -0.136. The van der Waals surface area contributed by atoms with Gasteiger partial charge in [-0.05, 0) is 55.0 Å². The summed E-state index contributed by atoms with van der Waals surface area (Å²) in [6, 6.07) is 15.4. The molecular formula is C32H31N5O7. The molecule has 2 aromatic heterocycles. The molecule has 0 bridgehead atoms. The molecule has 0 spiro atoms. The number of piperidine rings is 1. The molecule has 6 rings (SSSR count). The minimum Gasteiger partial charge on any atom is -0.491 e. The van der Waals surface area contributed by atoms with Crippen LogP contribution in [0, 0.1) is 0 Å². The van der Waals surface area contributed by atoms with Gasteiger partial charge in [-0.25, -0.2) is 4.98 Å². The second-order valence-electron chi connectivity index (χ2n) is 10.7. The maximum Gasteiger partial charge on any atom is 0.262 e. The van der Waals surface area contributed by atoms with Gasteiger partial charge in [0.1, 0.15) is 36.4 Å². The summed E-state index contributed by atoms with van der Waals surface area (Å²) in [7, 11) is 4.00. The van der Waals surface area contributed by atoms with Crippen LogP contribution in [0.3, 0.4) is 0 Å². The molecule has 0 saturated carbocycles. The van der Waals surface area contributed by atoms with E-state index in [9.17, 15) is 19.2 Å². The van der Waals surface area contributed by atoms with Gasteiger partial charge in [0.15, 0.2) is 0 Å².